The molecule has 0 aliphatic carbocycles. The molecule has 1 aromatic carbocycles. The number of aryl methyl sites for hydroxylation is 1. The van der Waals surface area contributed by atoms with E-state index in [4.69, 9.17) is 0 Å². The molecular formula is C17H22N2S2. The summed E-state index contributed by atoms with van der Waals surface area (Å²) in [4.78, 5) is 2.18. The monoisotopic (exact) mass is 318 g/mol. The third-order valence-electron chi connectivity index (χ3n) is 3.94. The predicted octanol–water partition coefficient (Wildman–Crippen LogP) is 5.16. The quantitative estimate of drug-likeness (QED) is 0.841. The van der Waals surface area contributed by atoms with Crippen molar-refractivity contribution in [1.82, 2.24) is 0 Å². The molecule has 0 bridgehead atoms. The number of hydrogen-bond donors (Lipinski definition) is 1. The minimum Gasteiger partial charge on any atom is -0.378 e. The van der Waals surface area contributed by atoms with E-state index < -0.39 is 0 Å². The zero-order chi connectivity index (χ0) is 15.0. The lowest BCUT2D eigenvalue weighted by Gasteiger charge is -2.29. The molecule has 1 aromatic heterocycles. The summed E-state index contributed by atoms with van der Waals surface area (Å²) in [6.45, 7) is 4.48. The molecule has 1 aliphatic rings. The molecule has 1 aliphatic heterocycles. The third kappa shape index (κ3) is 3.06. The highest BCUT2D eigenvalue weighted by molar-refractivity contribution is 8.01. The second-order valence-corrected chi connectivity index (χ2v) is 8.54. The van der Waals surface area contributed by atoms with Crippen molar-refractivity contribution in [3.05, 3.63) is 40.8 Å². The molecular weight excluding hydrogens is 296 g/mol. The number of thiophene rings is 1. The second-order valence-electron chi connectivity index (χ2n) is 5.92. The van der Waals surface area contributed by atoms with Gasteiger partial charge in [-0.2, -0.15) is 0 Å². The lowest BCUT2D eigenvalue weighted by molar-refractivity contribution is 0.670. The molecule has 0 spiro atoms. The summed E-state index contributed by atoms with van der Waals surface area (Å²) in [5, 5.41) is 6.63. The summed E-state index contributed by atoms with van der Waals surface area (Å²) in [7, 11) is 4.20. The van der Waals surface area contributed by atoms with Crippen molar-refractivity contribution in [3.63, 3.8) is 0 Å². The fourth-order valence-electron chi connectivity index (χ4n) is 2.87. The summed E-state index contributed by atoms with van der Waals surface area (Å²) >= 11 is 3.88. The topological polar surface area (TPSA) is 15.3 Å². The summed E-state index contributed by atoms with van der Waals surface area (Å²) < 4.78 is 1.48. The summed E-state index contributed by atoms with van der Waals surface area (Å²) in [6, 6.07) is 9.36. The van der Waals surface area contributed by atoms with Crippen LogP contribution in [0.4, 0.5) is 11.4 Å². The van der Waals surface area contributed by atoms with E-state index in [2.05, 4.69) is 67.8 Å². The van der Waals surface area contributed by atoms with Crippen LogP contribution in [-0.2, 0) is 0 Å². The average Bonchev–Trinajstić information content (AvgIpc) is 2.88. The molecule has 2 nitrogen and oxygen atoms in total. The van der Waals surface area contributed by atoms with Crippen LogP contribution in [0, 0.1) is 6.92 Å². The van der Waals surface area contributed by atoms with Gasteiger partial charge in [-0.05, 0) is 48.1 Å². The highest BCUT2D eigenvalue weighted by Gasteiger charge is 2.26. The molecule has 0 amide bonds. The summed E-state index contributed by atoms with van der Waals surface area (Å²) in [5.74, 6) is 0. The molecule has 1 N–H and O–H groups in total. The van der Waals surface area contributed by atoms with Crippen LogP contribution in [0.5, 0.6) is 0 Å². The normalized spacial score (nSPS) is 21.0. The maximum Gasteiger partial charge on any atom is 0.0653 e. The minimum absolute atomic E-state index is 0.431. The number of rotatable bonds is 3. The summed E-state index contributed by atoms with van der Waals surface area (Å²) in [6.07, 6.45) is 1.18. The standard InChI is InChI=1S/C17H22N2S2/c1-11-5-6-13(10-16(11)19(3)4)18-15-9-12(2)21-17-14(15)7-8-20-17/h5-8,10,12,15,18H,9H2,1-4H3/t12-,15?/m0/s1. The van der Waals surface area contributed by atoms with Gasteiger partial charge in [0.15, 0.2) is 0 Å². The maximum atomic E-state index is 3.74. The molecule has 2 heterocycles. The van der Waals surface area contributed by atoms with E-state index in [0.717, 1.165) is 0 Å². The first-order chi connectivity index (χ1) is 10.0. The SMILES string of the molecule is Cc1ccc(NC2C[C@H](C)Sc3sccc32)cc1N(C)C. The molecule has 4 heteroatoms. The number of fused-ring (bicyclic) bond motifs is 1. The highest BCUT2D eigenvalue weighted by atomic mass is 32.2. The van der Waals surface area contributed by atoms with Gasteiger partial charge in [-0.3, -0.25) is 0 Å². The Balaban J connectivity index is 1.86. The lowest BCUT2D eigenvalue weighted by Crippen LogP contribution is -2.19. The van der Waals surface area contributed by atoms with Crippen LogP contribution < -0.4 is 10.2 Å². The molecule has 21 heavy (non-hydrogen) atoms. The van der Waals surface area contributed by atoms with Crippen LogP contribution in [-0.4, -0.2) is 19.3 Å². The number of nitrogens with one attached hydrogen (secondary N) is 1. The molecule has 0 fully saturated rings. The Morgan fingerprint density at radius 2 is 2.05 bits per heavy atom. The van der Waals surface area contributed by atoms with E-state index in [0.29, 0.717) is 11.3 Å². The number of anilines is 2. The molecule has 1 unspecified atom stereocenters. The van der Waals surface area contributed by atoms with Gasteiger partial charge in [-0.1, -0.05) is 13.0 Å². The van der Waals surface area contributed by atoms with E-state index in [9.17, 15) is 0 Å². The van der Waals surface area contributed by atoms with Crippen LogP contribution in [0.25, 0.3) is 0 Å². The number of thioether (sulfide) groups is 1. The van der Waals surface area contributed by atoms with E-state index in [-0.39, 0.29) is 0 Å². The maximum absolute atomic E-state index is 3.74. The van der Waals surface area contributed by atoms with Crippen molar-refractivity contribution < 1.29 is 0 Å². The molecule has 2 aromatic rings. The molecule has 0 saturated carbocycles. The largest absolute Gasteiger partial charge is 0.378 e. The minimum atomic E-state index is 0.431. The van der Waals surface area contributed by atoms with Crippen LogP contribution in [0.2, 0.25) is 0 Å². The van der Waals surface area contributed by atoms with Gasteiger partial charge in [0.2, 0.25) is 0 Å². The predicted molar refractivity (Wildman–Crippen MR) is 96.1 cm³/mol. The van der Waals surface area contributed by atoms with Crippen molar-refractivity contribution in [2.75, 3.05) is 24.3 Å². The van der Waals surface area contributed by atoms with Gasteiger partial charge in [0, 0.05) is 30.7 Å². The van der Waals surface area contributed by atoms with Gasteiger partial charge in [-0.15, -0.1) is 23.1 Å². The first kappa shape index (κ1) is 14.8. The van der Waals surface area contributed by atoms with Crippen molar-refractivity contribution in [1.29, 1.82) is 0 Å². The van der Waals surface area contributed by atoms with Gasteiger partial charge in [0.25, 0.3) is 0 Å². The van der Waals surface area contributed by atoms with Crippen LogP contribution in [0.1, 0.15) is 30.5 Å². The van der Waals surface area contributed by atoms with Crippen LogP contribution in [0.3, 0.4) is 0 Å². The van der Waals surface area contributed by atoms with Crippen LogP contribution in [0.15, 0.2) is 33.9 Å². The van der Waals surface area contributed by atoms with Gasteiger partial charge < -0.3 is 10.2 Å². The number of nitrogens with zero attached hydrogens (tertiary/aromatic N) is 1. The smallest absolute Gasteiger partial charge is 0.0653 e. The lowest BCUT2D eigenvalue weighted by atomic mass is 10.0. The average molecular weight is 319 g/mol. The molecule has 2 atom stereocenters. The van der Waals surface area contributed by atoms with E-state index in [1.165, 1.54) is 33.1 Å². The Bertz CT molecular complexity index is 633. The fraction of sp³-hybridized carbons (Fsp3) is 0.412. The zero-order valence-electron chi connectivity index (χ0n) is 13.0. The first-order valence-corrected chi connectivity index (χ1v) is 9.09. The van der Waals surface area contributed by atoms with Crippen molar-refractivity contribution >= 4 is 34.5 Å². The fourth-order valence-corrected chi connectivity index (χ4v) is 5.43. The number of benzene rings is 1. The Hall–Kier alpha value is -1.13. The molecule has 0 saturated heterocycles. The molecule has 3 rings (SSSR count). The molecule has 0 radical (unpaired) electrons. The van der Waals surface area contributed by atoms with Gasteiger partial charge in [0.1, 0.15) is 0 Å². The Kier molecular flexibility index (Phi) is 4.18. The van der Waals surface area contributed by atoms with Crippen molar-refractivity contribution in [2.45, 2.75) is 35.8 Å². The van der Waals surface area contributed by atoms with Crippen molar-refractivity contribution in [3.8, 4) is 0 Å². The van der Waals surface area contributed by atoms with Gasteiger partial charge in [-0.25, -0.2) is 0 Å². The van der Waals surface area contributed by atoms with E-state index >= 15 is 0 Å². The van der Waals surface area contributed by atoms with Crippen molar-refractivity contribution in [2.24, 2.45) is 0 Å². The Labute approximate surface area is 135 Å². The van der Waals surface area contributed by atoms with E-state index in [1.807, 2.05) is 23.1 Å². The van der Waals surface area contributed by atoms with Gasteiger partial charge in [0.05, 0.1) is 10.3 Å². The van der Waals surface area contributed by atoms with Crippen LogP contribution >= 0.6 is 23.1 Å². The van der Waals surface area contributed by atoms with E-state index in [1.54, 1.807) is 0 Å². The summed E-state index contributed by atoms with van der Waals surface area (Å²) in [5.41, 5.74) is 5.28. The number of hydrogen-bond acceptors (Lipinski definition) is 4. The van der Waals surface area contributed by atoms with Gasteiger partial charge >= 0.3 is 0 Å². The molecule has 112 valence electrons. The Morgan fingerprint density at radius 1 is 1.24 bits per heavy atom. The highest BCUT2D eigenvalue weighted by Crippen LogP contribution is 2.45. The third-order valence-corrected chi connectivity index (χ3v) is 6.29. The Morgan fingerprint density at radius 3 is 2.81 bits per heavy atom. The second kappa shape index (κ2) is 5.93. The first-order valence-electron chi connectivity index (χ1n) is 7.33. The zero-order valence-corrected chi connectivity index (χ0v) is 14.6.